The van der Waals surface area contributed by atoms with Crippen molar-refractivity contribution in [3.63, 3.8) is 0 Å². The molecule has 2 aliphatic heterocycles. The van der Waals surface area contributed by atoms with E-state index in [2.05, 4.69) is 5.10 Å². The molecule has 2 aromatic rings. The third-order valence-electron chi connectivity index (χ3n) is 6.07. The summed E-state index contributed by atoms with van der Waals surface area (Å²) < 4.78 is 40.3. The van der Waals surface area contributed by atoms with Gasteiger partial charge >= 0.3 is 11.9 Å². The predicted molar refractivity (Wildman–Crippen MR) is 108 cm³/mol. The minimum atomic E-state index is -4.73. The Hall–Kier alpha value is -3.44. The SMILES string of the molecule is Cn1c(C(F)(F)F)nn(C2CCN(C(=O)CCCN3C(=O)c4ccccc4C3=O)CC2)c1=O. The Morgan fingerprint density at radius 1 is 1.06 bits per heavy atom. The van der Waals surface area contributed by atoms with Crippen molar-refractivity contribution in [3.8, 4) is 0 Å². The van der Waals surface area contributed by atoms with Crippen molar-refractivity contribution >= 4 is 17.7 Å². The summed E-state index contributed by atoms with van der Waals surface area (Å²) in [6.07, 6.45) is -3.69. The van der Waals surface area contributed by atoms with Crippen molar-refractivity contribution < 1.29 is 27.6 Å². The first kappa shape index (κ1) is 22.7. The maximum absolute atomic E-state index is 13.0. The largest absolute Gasteiger partial charge is 0.451 e. The molecule has 1 fully saturated rings. The minimum absolute atomic E-state index is 0.123. The number of nitrogens with zero attached hydrogens (tertiary/aromatic N) is 5. The van der Waals surface area contributed by atoms with Gasteiger partial charge in [0.05, 0.1) is 17.2 Å². The molecule has 1 aromatic heterocycles. The van der Waals surface area contributed by atoms with Crippen molar-refractivity contribution in [3.05, 3.63) is 51.7 Å². The van der Waals surface area contributed by atoms with Crippen LogP contribution in [0.1, 0.15) is 58.3 Å². The van der Waals surface area contributed by atoms with E-state index in [-0.39, 0.29) is 43.8 Å². The number of halogens is 3. The molecule has 12 heteroatoms. The van der Waals surface area contributed by atoms with E-state index >= 15 is 0 Å². The van der Waals surface area contributed by atoms with Crippen molar-refractivity contribution in [2.45, 2.75) is 37.9 Å². The second kappa shape index (κ2) is 8.49. The van der Waals surface area contributed by atoms with E-state index in [9.17, 15) is 32.3 Å². The summed E-state index contributed by atoms with van der Waals surface area (Å²) in [5, 5.41) is 3.47. The zero-order chi connectivity index (χ0) is 23.9. The average molecular weight is 465 g/mol. The average Bonchev–Trinajstić information content (AvgIpc) is 3.22. The van der Waals surface area contributed by atoms with Gasteiger partial charge in [0, 0.05) is 33.1 Å². The zero-order valence-electron chi connectivity index (χ0n) is 17.8. The van der Waals surface area contributed by atoms with Crippen LogP contribution < -0.4 is 5.69 Å². The van der Waals surface area contributed by atoms with E-state index in [1.807, 2.05) is 0 Å². The molecule has 0 atom stereocenters. The molecular formula is C21H22F3N5O4. The molecule has 0 N–H and O–H groups in total. The third-order valence-corrected chi connectivity index (χ3v) is 6.07. The van der Waals surface area contributed by atoms with Crippen molar-refractivity contribution in [1.82, 2.24) is 24.1 Å². The van der Waals surface area contributed by atoms with Crippen LogP contribution in [0.3, 0.4) is 0 Å². The monoisotopic (exact) mass is 465 g/mol. The second-order valence-electron chi connectivity index (χ2n) is 8.13. The Labute approximate surface area is 186 Å². The molecule has 3 amide bonds. The number of imide groups is 1. The van der Waals surface area contributed by atoms with Crippen LogP contribution in [0.2, 0.25) is 0 Å². The van der Waals surface area contributed by atoms with Crippen LogP contribution >= 0.6 is 0 Å². The number of rotatable bonds is 5. The standard InChI is InChI=1S/C21H22F3N5O4/c1-26-19(21(22,23)24)25-29(20(26)33)13-8-11-27(12-9-13)16(30)7-4-10-28-17(31)14-5-2-3-6-15(14)18(28)32/h2-3,5-6,13H,4,7-12H2,1H3. The van der Waals surface area contributed by atoms with Crippen LogP contribution in [-0.2, 0) is 18.0 Å². The van der Waals surface area contributed by atoms with Crippen molar-refractivity contribution in [1.29, 1.82) is 0 Å². The Morgan fingerprint density at radius 3 is 2.15 bits per heavy atom. The number of benzene rings is 1. The molecule has 1 aromatic carbocycles. The number of alkyl halides is 3. The lowest BCUT2D eigenvalue weighted by Gasteiger charge is -2.31. The van der Waals surface area contributed by atoms with Gasteiger partial charge in [0.2, 0.25) is 11.7 Å². The van der Waals surface area contributed by atoms with Crippen LogP contribution in [0.4, 0.5) is 13.2 Å². The van der Waals surface area contributed by atoms with E-state index in [0.717, 1.165) is 16.6 Å². The van der Waals surface area contributed by atoms with Crippen LogP contribution in [0, 0.1) is 0 Å². The van der Waals surface area contributed by atoms with Crippen molar-refractivity contribution in [2.24, 2.45) is 7.05 Å². The fraction of sp³-hybridized carbons (Fsp3) is 0.476. The van der Waals surface area contributed by atoms with E-state index in [1.54, 1.807) is 29.2 Å². The molecule has 9 nitrogen and oxygen atoms in total. The molecule has 0 bridgehead atoms. The summed E-state index contributed by atoms with van der Waals surface area (Å²) in [6, 6.07) is 6.03. The van der Waals surface area contributed by atoms with Gasteiger partial charge in [0.15, 0.2) is 0 Å². The highest BCUT2D eigenvalue weighted by molar-refractivity contribution is 6.21. The fourth-order valence-electron chi connectivity index (χ4n) is 4.29. The summed E-state index contributed by atoms with van der Waals surface area (Å²) in [5.41, 5.74) is -0.128. The van der Waals surface area contributed by atoms with Gasteiger partial charge in [-0.25, -0.2) is 9.48 Å². The van der Waals surface area contributed by atoms with Gasteiger partial charge in [0.1, 0.15) is 0 Å². The maximum Gasteiger partial charge on any atom is 0.451 e. The van der Waals surface area contributed by atoms with Gasteiger partial charge in [-0.05, 0) is 31.4 Å². The minimum Gasteiger partial charge on any atom is -0.343 e. The summed E-state index contributed by atoms with van der Waals surface area (Å²) in [7, 11) is 1.03. The van der Waals surface area contributed by atoms with E-state index in [1.165, 1.54) is 0 Å². The highest BCUT2D eigenvalue weighted by Gasteiger charge is 2.39. The molecule has 0 spiro atoms. The third kappa shape index (κ3) is 4.16. The molecule has 0 unspecified atom stereocenters. The van der Waals surface area contributed by atoms with Gasteiger partial charge < -0.3 is 4.90 Å². The summed E-state index contributed by atoms with van der Waals surface area (Å²) in [6.45, 7) is 0.680. The Balaban J connectivity index is 1.29. The normalized spacial score (nSPS) is 17.1. The van der Waals surface area contributed by atoms with Crippen LogP contribution in [0.25, 0.3) is 0 Å². The summed E-state index contributed by atoms with van der Waals surface area (Å²) >= 11 is 0. The molecule has 2 aliphatic rings. The lowest BCUT2D eigenvalue weighted by Crippen LogP contribution is -2.41. The molecule has 0 radical (unpaired) electrons. The zero-order valence-corrected chi connectivity index (χ0v) is 17.8. The predicted octanol–water partition coefficient (Wildman–Crippen LogP) is 1.84. The maximum atomic E-state index is 13.0. The number of fused-ring (bicyclic) bond motifs is 1. The number of hydrogen-bond donors (Lipinski definition) is 0. The van der Waals surface area contributed by atoms with Crippen LogP contribution in [0.15, 0.2) is 29.1 Å². The van der Waals surface area contributed by atoms with Crippen LogP contribution in [-0.4, -0.2) is 61.5 Å². The Bertz CT molecular complexity index is 1130. The molecule has 1 saturated heterocycles. The molecule has 3 heterocycles. The van der Waals surface area contributed by atoms with Gasteiger partial charge in [-0.1, -0.05) is 12.1 Å². The van der Waals surface area contributed by atoms with Gasteiger partial charge in [-0.2, -0.15) is 13.2 Å². The quantitative estimate of drug-likeness (QED) is 0.628. The first-order valence-electron chi connectivity index (χ1n) is 10.6. The van der Waals surface area contributed by atoms with E-state index in [0.29, 0.717) is 35.0 Å². The number of carbonyl (C=O) groups excluding carboxylic acids is 3. The lowest BCUT2D eigenvalue weighted by atomic mass is 10.0. The number of piperidine rings is 1. The summed E-state index contributed by atoms with van der Waals surface area (Å²) in [5.74, 6) is -2.17. The Morgan fingerprint density at radius 2 is 1.64 bits per heavy atom. The molecule has 33 heavy (non-hydrogen) atoms. The first-order chi connectivity index (χ1) is 15.6. The summed E-state index contributed by atoms with van der Waals surface area (Å²) in [4.78, 5) is 52.2. The second-order valence-corrected chi connectivity index (χ2v) is 8.13. The number of likely N-dealkylation sites (tertiary alicyclic amines) is 1. The van der Waals surface area contributed by atoms with Gasteiger partial charge in [-0.15, -0.1) is 5.10 Å². The van der Waals surface area contributed by atoms with Crippen LogP contribution in [0.5, 0.6) is 0 Å². The molecular weight excluding hydrogens is 443 g/mol. The first-order valence-corrected chi connectivity index (χ1v) is 10.6. The lowest BCUT2D eigenvalue weighted by molar-refractivity contribution is -0.147. The topological polar surface area (TPSA) is 97.5 Å². The smallest absolute Gasteiger partial charge is 0.343 e. The van der Waals surface area contributed by atoms with E-state index < -0.39 is 23.7 Å². The fourth-order valence-corrected chi connectivity index (χ4v) is 4.29. The molecule has 0 aliphatic carbocycles. The highest BCUT2D eigenvalue weighted by atomic mass is 19.4. The number of aromatic nitrogens is 3. The van der Waals surface area contributed by atoms with Gasteiger partial charge in [-0.3, -0.25) is 23.9 Å². The van der Waals surface area contributed by atoms with Gasteiger partial charge in [0.25, 0.3) is 11.8 Å². The molecule has 0 saturated carbocycles. The number of amides is 3. The molecule has 176 valence electrons. The van der Waals surface area contributed by atoms with Crippen molar-refractivity contribution in [2.75, 3.05) is 19.6 Å². The van der Waals surface area contributed by atoms with E-state index in [4.69, 9.17) is 0 Å². The molecule has 4 rings (SSSR count). The highest BCUT2D eigenvalue weighted by Crippen LogP contribution is 2.28. The number of carbonyl (C=O) groups is 3. The number of hydrogen-bond acceptors (Lipinski definition) is 5. The Kier molecular flexibility index (Phi) is 5.85.